The predicted molar refractivity (Wildman–Crippen MR) is 113 cm³/mol. The number of rotatable bonds is 6. The summed E-state index contributed by atoms with van der Waals surface area (Å²) in [6.07, 6.45) is 0. The lowest BCUT2D eigenvalue weighted by Crippen LogP contribution is -2.00. The van der Waals surface area contributed by atoms with Gasteiger partial charge in [-0.3, -0.25) is 0 Å². The van der Waals surface area contributed by atoms with Crippen LogP contribution in [0.1, 0.15) is 11.1 Å². The quantitative estimate of drug-likeness (QED) is 0.389. The topological polar surface area (TPSA) is 21.3 Å². The first-order valence-electron chi connectivity index (χ1n) is 9.06. The van der Waals surface area contributed by atoms with Gasteiger partial charge in [0.2, 0.25) is 0 Å². The molecule has 4 aromatic rings. The Morgan fingerprint density at radius 1 is 0.857 bits per heavy atom. The van der Waals surface area contributed by atoms with Crippen LogP contribution in [-0.2, 0) is 13.2 Å². The lowest BCUT2D eigenvalue weighted by atomic mass is 10.1. The molecule has 0 saturated carbocycles. The summed E-state index contributed by atoms with van der Waals surface area (Å²) in [5.74, 6) is 0.395. The molecule has 0 bridgehead atoms. The molecule has 28 heavy (non-hydrogen) atoms. The summed E-state index contributed by atoms with van der Waals surface area (Å²) in [4.78, 5) is 0. The number of nitrogens with one attached hydrogen (secondary N) is 1. The van der Waals surface area contributed by atoms with E-state index in [2.05, 4.69) is 35.6 Å². The summed E-state index contributed by atoms with van der Waals surface area (Å²) in [5.41, 5.74) is 3.02. The first-order valence-corrected chi connectivity index (χ1v) is 9.44. The van der Waals surface area contributed by atoms with Gasteiger partial charge in [-0.25, -0.2) is 4.39 Å². The fourth-order valence-electron chi connectivity index (χ4n) is 3.08. The van der Waals surface area contributed by atoms with E-state index in [-0.39, 0.29) is 5.82 Å². The molecule has 0 aliphatic carbocycles. The molecular weight excluding hydrogens is 373 g/mol. The van der Waals surface area contributed by atoms with Gasteiger partial charge in [-0.1, -0.05) is 66.2 Å². The number of benzene rings is 4. The molecule has 0 aromatic heterocycles. The molecule has 0 atom stereocenters. The number of hydrogen-bond acceptors (Lipinski definition) is 2. The minimum Gasteiger partial charge on any atom is -0.489 e. The van der Waals surface area contributed by atoms with Crippen molar-refractivity contribution in [2.24, 2.45) is 0 Å². The molecule has 140 valence electrons. The van der Waals surface area contributed by atoms with Crippen molar-refractivity contribution in [3.8, 4) is 5.75 Å². The van der Waals surface area contributed by atoms with Crippen LogP contribution in [0, 0.1) is 5.82 Å². The van der Waals surface area contributed by atoms with Crippen molar-refractivity contribution in [2.75, 3.05) is 5.32 Å². The van der Waals surface area contributed by atoms with E-state index in [9.17, 15) is 4.39 Å². The highest BCUT2D eigenvalue weighted by Crippen LogP contribution is 2.24. The van der Waals surface area contributed by atoms with Gasteiger partial charge in [-0.15, -0.1) is 0 Å². The van der Waals surface area contributed by atoms with Gasteiger partial charge in [-0.05, 0) is 41.3 Å². The Balaban J connectivity index is 1.38. The van der Waals surface area contributed by atoms with Gasteiger partial charge in [0.25, 0.3) is 0 Å². The van der Waals surface area contributed by atoms with Crippen LogP contribution in [0.4, 0.5) is 10.1 Å². The van der Waals surface area contributed by atoms with Crippen LogP contribution in [-0.4, -0.2) is 0 Å². The summed E-state index contributed by atoms with van der Waals surface area (Å²) in [5, 5.41) is 6.30. The zero-order chi connectivity index (χ0) is 19.3. The Morgan fingerprint density at radius 2 is 1.64 bits per heavy atom. The third-order valence-corrected chi connectivity index (χ3v) is 4.96. The molecule has 0 amide bonds. The first-order chi connectivity index (χ1) is 13.7. The van der Waals surface area contributed by atoms with Crippen molar-refractivity contribution < 1.29 is 9.13 Å². The second kappa shape index (κ2) is 8.32. The minimum atomic E-state index is -0.350. The van der Waals surface area contributed by atoms with Crippen LogP contribution in [0.3, 0.4) is 0 Å². The molecule has 0 saturated heterocycles. The van der Waals surface area contributed by atoms with Crippen LogP contribution in [0.25, 0.3) is 10.8 Å². The Labute approximate surface area is 168 Å². The lowest BCUT2D eigenvalue weighted by molar-refractivity contribution is 0.306. The summed E-state index contributed by atoms with van der Waals surface area (Å²) in [6, 6.07) is 26.8. The van der Waals surface area contributed by atoms with Crippen LogP contribution in [0.2, 0.25) is 5.02 Å². The lowest BCUT2D eigenvalue weighted by Gasteiger charge is -2.11. The zero-order valence-electron chi connectivity index (χ0n) is 15.2. The molecule has 1 N–H and O–H groups in total. The fraction of sp³-hybridized carbons (Fsp3) is 0.0833. The molecule has 0 spiro atoms. The molecule has 0 aliphatic heterocycles. The maximum atomic E-state index is 13.1. The number of anilines is 1. The summed E-state index contributed by atoms with van der Waals surface area (Å²) >= 11 is 6.03. The summed E-state index contributed by atoms with van der Waals surface area (Å²) in [7, 11) is 0. The molecule has 4 rings (SSSR count). The van der Waals surface area contributed by atoms with Gasteiger partial charge < -0.3 is 10.1 Å². The number of ether oxygens (including phenoxy) is 1. The number of hydrogen-bond donors (Lipinski definition) is 1. The highest BCUT2D eigenvalue weighted by molar-refractivity contribution is 6.31. The minimum absolute atomic E-state index is 0.298. The first kappa shape index (κ1) is 18.3. The molecule has 0 radical (unpaired) electrons. The maximum Gasteiger partial charge on any atom is 0.124 e. The normalized spacial score (nSPS) is 10.8. The largest absolute Gasteiger partial charge is 0.489 e. The Hall–Kier alpha value is -3.04. The van der Waals surface area contributed by atoms with E-state index in [1.165, 1.54) is 22.9 Å². The standard InChI is InChI=1S/C24H19ClFNO/c25-23-14-20(26)11-10-19(23)16-28-21-12-8-17(9-13-21)15-27-24-7-3-5-18-4-1-2-6-22(18)24/h1-14,27H,15-16H2. The van der Waals surface area contributed by atoms with E-state index >= 15 is 0 Å². The molecule has 2 nitrogen and oxygen atoms in total. The molecule has 0 heterocycles. The molecule has 0 aliphatic rings. The van der Waals surface area contributed by atoms with E-state index in [0.717, 1.165) is 29.1 Å². The SMILES string of the molecule is Fc1ccc(COc2ccc(CNc3cccc4ccccc34)cc2)c(Cl)c1. The van der Waals surface area contributed by atoms with Crippen molar-refractivity contribution in [3.05, 3.63) is 107 Å². The second-order valence-electron chi connectivity index (χ2n) is 6.55. The van der Waals surface area contributed by atoms with E-state index in [4.69, 9.17) is 16.3 Å². The van der Waals surface area contributed by atoms with Gasteiger partial charge in [0.15, 0.2) is 0 Å². The molecule has 0 fully saturated rings. The Morgan fingerprint density at radius 3 is 2.46 bits per heavy atom. The van der Waals surface area contributed by atoms with Crippen LogP contribution in [0.15, 0.2) is 84.9 Å². The van der Waals surface area contributed by atoms with Crippen molar-refractivity contribution in [2.45, 2.75) is 13.2 Å². The molecule has 4 heteroatoms. The fourth-order valence-corrected chi connectivity index (χ4v) is 3.30. The van der Waals surface area contributed by atoms with Gasteiger partial charge in [0.05, 0.1) is 5.02 Å². The second-order valence-corrected chi connectivity index (χ2v) is 6.96. The monoisotopic (exact) mass is 391 g/mol. The average Bonchev–Trinajstić information content (AvgIpc) is 2.72. The number of halogens is 2. The van der Waals surface area contributed by atoms with Crippen molar-refractivity contribution in [1.29, 1.82) is 0 Å². The summed E-state index contributed by atoms with van der Waals surface area (Å²) in [6.45, 7) is 1.02. The molecule has 0 unspecified atom stereocenters. The Kier molecular flexibility index (Phi) is 5.45. The van der Waals surface area contributed by atoms with Crippen LogP contribution >= 0.6 is 11.6 Å². The summed E-state index contributed by atoms with van der Waals surface area (Å²) < 4.78 is 18.9. The van der Waals surface area contributed by atoms with Gasteiger partial charge in [0.1, 0.15) is 18.2 Å². The van der Waals surface area contributed by atoms with Crippen LogP contribution in [0.5, 0.6) is 5.75 Å². The van der Waals surface area contributed by atoms with E-state index < -0.39 is 0 Å². The molecular formula is C24H19ClFNO. The van der Waals surface area contributed by atoms with Crippen LogP contribution < -0.4 is 10.1 Å². The molecule has 4 aromatic carbocycles. The van der Waals surface area contributed by atoms with Crippen molar-refractivity contribution in [1.82, 2.24) is 0 Å². The van der Waals surface area contributed by atoms with Crippen molar-refractivity contribution in [3.63, 3.8) is 0 Å². The van der Waals surface area contributed by atoms with E-state index in [1.807, 2.05) is 36.4 Å². The Bertz CT molecular complexity index is 1090. The van der Waals surface area contributed by atoms with E-state index in [1.54, 1.807) is 6.07 Å². The highest BCUT2D eigenvalue weighted by atomic mass is 35.5. The highest BCUT2D eigenvalue weighted by Gasteiger charge is 2.04. The average molecular weight is 392 g/mol. The van der Waals surface area contributed by atoms with E-state index in [0.29, 0.717) is 11.6 Å². The number of fused-ring (bicyclic) bond motifs is 1. The third kappa shape index (κ3) is 4.26. The van der Waals surface area contributed by atoms with Gasteiger partial charge >= 0.3 is 0 Å². The smallest absolute Gasteiger partial charge is 0.124 e. The maximum absolute atomic E-state index is 13.1. The van der Waals surface area contributed by atoms with Crippen molar-refractivity contribution >= 4 is 28.1 Å². The zero-order valence-corrected chi connectivity index (χ0v) is 15.9. The predicted octanol–water partition coefficient (Wildman–Crippen LogP) is 6.82. The van der Waals surface area contributed by atoms with Gasteiger partial charge in [0, 0.05) is 23.2 Å². The van der Waals surface area contributed by atoms with Gasteiger partial charge in [-0.2, -0.15) is 0 Å². The third-order valence-electron chi connectivity index (χ3n) is 4.61.